The van der Waals surface area contributed by atoms with E-state index in [4.69, 9.17) is 0 Å². The molecule has 156 valence electrons. The number of rotatable bonds is 6. The minimum absolute atomic E-state index is 0.0602. The summed E-state index contributed by atoms with van der Waals surface area (Å²) in [4.78, 5) is 12.5. The summed E-state index contributed by atoms with van der Waals surface area (Å²) in [5.74, 6) is 0. The van der Waals surface area contributed by atoms with E-state index in [1.54, 1.807) is 16.4 Å². The van der Waals surface area contributed by atoms with Crippen molar-refractivity contribution in [2.24, 2.45) is 0 Å². The number of sulfonamides is 1. The van der Waals surface area contributed by atoms with E-state index in [1.165, 1.54) is 19.3 Å². The number of benzene rings is 1. The fourth-order valence-electron chi connectivity index (χ4n) is 4.26. The van der Waals surface area contributed by atoms with Crippen LogP contribution in [-0.4, -0.2) is 43.9 Å². The maximum atomic E-state index is 13.1. The van der Waals surface area contributed by atoms with Crippen LogP contribution in [-0.2, 0) is 10.0 Å². The SMILES string of the molecule is Cc1ccc(S(=O)(=O)N2CCCCC2CCNC(=O)NC2CCCCC2)cc1. The van der Waals surface area contributed by atoms with E-state index >= 15 is 0 Å². The Bertz CT molecular complexity index is 743. The van der Waals surface area contributed by atoms with E-state index in [-0.39, 0.29) is 18.1 Å². The van der Waals surface area contributed by atoms with Crippen LogP contribution in [0.4, 0.5) is 4.79 Å². The number of hydrogen-bond acceptors (Lipinski definition) is 3. The van der Waals surface area contributed by atoms with Crippen LogP contribution >= 0.6 is 0 Å². The van der Waals surface area contributed by atoms with Gasteiger partial charge in [-0.3, -0.25) is 0 Å². The van der Waals surface area contributed by atoms with Crippen molar-refractivity contribution in [2.45, 2.75) is 81.7 Å². The largest absolute Gasteiger partial charge is 0.338 e. The van der Waals surface area contributed by atoms with Crippen LogP contribution in [0.25, 0.3) is 0 Å². The van der Waals surface area contributed by atoms with Crippen LogP contribution in [0.5, 0.6) is 0 Å². The highest BCUT2D eigenvalue weighted by Gasteiger charge is 2.33. The van der Waals surface area contributed by atoms with Crippen LogP contribution in [0, 0.1) is 6.92 Å². The number of urea groups is 1. The topological polar surface area (TPSA) is 78.5 Å². The molecular formula is C21H33N3O3S. The van der Waals surface area contributed by atoms with Gasteiger partial charge in [-0.25, -0.2) is 13.2 Å². The first-order valence-electron chi connectivity index (χ1n) is 10.6. The van der Waals surface area contributed by atoms with Crippen LogP contribution in [0.15, 0.2) is 29.2 Å². The molecule has 1 aliphatic heterocycles. The van der Waals surface area contributed by atoms with Crippen molar-refractivity contribution < 1.29 is 13.2 Å². The van der Waals surface area contributed by atoms with Gasteiger partial charge in [0.1, 0.15) is 0 Å². The fourth-order valence-corrected chi connectivity index (χ4v) is 5.98. The van der Waals surface area contributed by atoms with Gasteiger partial charge in [0.2, 0.25) is 10.0 Å². The van der Waals surface area contributed by atoms with E-state index in [9.17, 15) is 13.2 Å². The standard InChI is InChI=1S/C21H33N3O3S/c1-17-10-12-20(13-11-17)28(26,27)24-16-6-5-9-19(24)14-15-22-21(25)23-18-7-3-2-4-8-18/h10-13,18-19H,2-9,14-16H2,1H3,(H2,22,23,25). The van der Waals surface area contributed by atoms with Gasteiger partial charge >= 0.3 is 6.03 Å². The molecule has 1 saturated carbocycles. The second-order valence-corrected chi connectivity index (χ2v) is 9.99. The predicted molar refractivity (Wildman–Crippen MR) is 111 cm³/mol. The molecule has 1 heterocycles. The van der Waals surface area contributed by atoms with E-state index in [0.717, 1.165) is 37.7 Å². The first-order valence-corrected chi connectivity index (χ1v) is 12.0. The Hall–Kier alpha value is -1.60. The summed E-state index contributed by atoms with van der Waals surface area (Å²) in [7, 11) is -3.50. The van der Waals surface area contributed by atoms with Gasteiger partial charge < -0.3 is 10.6 Å². The van der Waals surface area contributed by atoms with Gasteiger partial charge in [0.25, 0.3) is 0 Å². The number of nitrogens with zero attached hydrogens (tertiary/aromatic N) is 1. The van der Waals surface area contributed by atoms with Gasteiger partial charge in [0.05, 0.1) is 4.90 Å². The van der Waals surface area contributed by atoms with Crippen LogP contribution < -0.4 is 10.6 Å². The Labute approximate surface area is 169 Å². The molecule has 0 bridgehead atoms. The number of carbonyl (C=O) groups is 1. The zero-order chi connectivity index (χ0) is 20.0. The van der Waals surface area contributed by atoms with Crippen molar-refractivity contribution in [3.05, 3.63) is 29.8 Å². The lowest BCUT2D eigenvalue weighted by atomic mass is 9.96. The molecule has 2 amide bonds. The van der Waals surface area contributed by atoms with Gasteiger partial charge in [0, 0.05) is 25.2 Å². The predicted octanol–water partition coefficient (Wildman–Crippen LogP) is 3.56. The zero-order valence-electron chi connectivity index (χ0n) is 16.8. The zero-order valence-corrected chi connectivity index (χ0v) is 17.6. The molecule has 0 radical (unpaired) electrons. The summed E-state index contributed by atoms with van der Waals surface area (Å²) in [6, 6.07) is 7.14. The van der Waals surface area contributed by atoms with Crippen molar-refractivity contribution in [1.82, 2.24) is 14.9 Å². The highest BCUT2D eigenvalue weighted by atomic mass is 32.2. The molecule has 7 heteroatoms. The molecular weight excluding hydrogens is 374 g/mol. The van der Waals surface area contributed by atoms with Crippen molar-refractivity contribution >= 4 is 16.1 Å². The maximum Gasteiger partial charge on any atom is 0.315 e. The molecule has 1 aliphatic carbocycles. The lowest BCUT2D eigenvalue weighted by Crippen LogP contribution is -2.47. The minimum Gasteiger partial charge on any atom is -0.338 e. The second-order valence-electron chi connectivity index (χ2n) is 8.10. The summed E-state index contributed by atoms with van der Waals surface area (Å²) >= 11 is 0. The van der Waals surface area contributed by atoms with Crippen LogP contribution in [0.1, 0.15) is 63.4 Å². The summed E-state index contributed by atoms with van der Waals surface area (Å²) < 4.78 is 27.8. The maximum absolute atomic E-state index is 13.1. The van der Waals surface area contributed by atoms with E-state index in [2.05, 4.69) is 10.6 Å². The van der Waals surface area contributed by atoms with Gasteiger partial charge in [-0.1, -0.05) is 43.4 Å². The first kappa shape index (κ1) is 21.1. The molecule has 1 aromatic rings. The van der Waals surface area contributed by atoms with E-state index < -0.39 is 10.0 Å². The number of aryl methyl sites for hydroxylation is 1. The molecule has 0 spiro atoms. The molecule has 2 aliphatic rings. The second kappa shape index (κ2) is 9.74. The third-order valence-corrected chi connectivity index (χ3v) is 7.87. The molecule has 1 saturated heterocycles. The number of hydrogen-bond donors (Lipinski definition) is 2. The Morgan fingerprint density at radius 3 is 2.43 bits per heavy atom. The average molecular weight is 408 g/mol. The third kappa shape index (κ3) is 5.47. The summed E-state index contributed by atoms with van der Waals surface area (Å²) in [6.07, 6.45) is 9.12. The number of piperidine rings is 1. The van der Waals surface area contributed by atoms with E-state index in [0.29, 0.717) is 24.4 Å². The normalized spacial score (nSPS) is 22.0. The molecule has 1 atom stereocenters. The molecule has 2 N–H and O–H groups in total. The average Bonchev–Trinajstić information content (AvgIpc) is 2.69. The van der Waals surface area contributed by atoms with Crippen LogP contribution in [0.3, 0.4) is 0 Å². The monoisotopic (exact) mass is 407 g/mol. The lowest BCUT2D eigenvalue weighted by molar-refractivity contribution is 0.224. The van der Waals surface area contributed by atoms with Crippen molar-refractivity contribution in [3.63, 3.8) is 0 Å². The number of amides is 2. The molecule has 6 nitrogen and oxygen atoms in total. The fraction of sp³-hybridized carbons (Fsp3) is 0.667. The van der Waals surface area contributed by atoms with E-state index in [1.807, 2.05) is 19.1 Å². The molecule has 1 aromatic carbocycles. The van der Waals surface area contributed by atoms with Gasteiger partial charge in [0.15, 0.2) is 0 Å². The van der Waals surface area contributed by atoms with Crippen LogP contribution in [0.2, 0.25) is 0 Å². The Morgan fingerprint density at radius 1 is 1.04 bits per heavy atom. The first-order chi connectivity index (χ1) is 13.5. The highest BCUT2D eigenvalue weighted by Crippen LogP contribution is 2.27. The summed E-state index contributed by atoms with van der Waals surface area (Å²) in [5, 5.41) is 5.97. The molecule has 1 unspecified atom stereocenters. The lowest BCUT2D eigenvalue weighted by Gasteiger charge is -2.35. The minimum atomic E-state index is -3.50. The Morgan fingerprint density at radius 2 is 1.71 bits per heavy atom. The van der Waals surface area contributed by atoms with Crippen molar-refractivity contribution in [3.8, 4) is 0 Å². The smallest absolute Gasteiger partial charge is 0.315 e. The van der Waals surface area contributed by atoms with Gasteiger partial charge in [-0.15, -0.1) is 0 Å². The highest BCUT2D eigenvalue weighted by molar-refractivity contribution is 7.89. The van der Waals surface area contributed by atoms with Crippen molar-refractivity contribution in [2.75, 3.05) is 13.1 Å². The molecule has 2 fully saturated rings. The number of nitrogens with one attached hydrogen (secondary N) is 2. The number of carbonyl (C=O) groups excluding carboxylic acids is 1. The van der Waals surface area contributed by atoms with Gasteiger partial charge in [-0.2, -0.15) is 4.31 Å². The van der Waals surface area contributed by atoms with Crippen molar-refractivity contribution in [1.29, 1.82) is 0 Å². The Kier molecular flexibility index (Phi) is 7.35. The van der Waals surface area contributed by atoms with Gasteiger partial charge in [-0.05, 0) is 51.2 Å². The third-order valence-electron chi connectivity index (χ3n) is 5.90. The molecule has 0 aromatic heterocycles. The molecule has 3 rings (SSSR count). The summed E-state index contributed by atoms with van der Waals surface area (Å²) in [5.41, 5.74) is 1.04. The quantitative estimate of drug-likeness (QED) is 0.757. The summed E-state index contributed by atoms with van der Waals surface area (Å²) in [6.45, 7) is 2.99. The molecule has 28 heavy (non-hydrogen) atoms. The Balaban J connectivity index is 1.54.